The van der Waals surface area contributed by atoms with Crippen molar-refractivity contribution in [3.05, 3.63) is 42.0 Å². The average molecular weight is 544 g/mol. The third kappa shape index (κ3) is 6.02. The predicted octanol–water partition coefficient (Wildman–Crippen LogP) is 3.48. The first-order chi connectivity index (χ1) is 18.2. The summed E-state index contributed by atoms with van der Waals surface area (Å²) in [5.41, 5.74) is -1.56. The number of carbonyl (C=O) groups excluding carboxylic acids is 2. The molecule has 39 heavy (non-hydrogen) atoms. The van der Waals surface area contributed by atoms with E-state index in [1.807, 2.05) is 0 Å². The Morgan fingerprint density at radius 3 is 2.08 bits per heavy atom. The number of benzene rings is 1. The second-order valence-corrected chi connectivity index (χ2v) is 11.8. The molecule has 2 unspecified atom stereocenters. The molecule has 2 fully saturated rings. The zero-order valence-electron chi connectivity index (χ0n) is 23.0. The lowest BCUT2D eigenvalue weighted by Crippen LogP contribution is -2.55. The second-order valence-electron chi connectivity index (χ2n) is 11.8. The number of hydrogen-bond donors (Lipinski definition) is 1. The lowest BCUT2D eigenvalue weighted by atomic mass is 10.0. The largest absolute Gasteiger partial charge is 0.465 e. The quantitative estimate of drug-likeness (QED) is 0.450. The molecule has 210 valence electrons. The minimum absolute atomic E-state index is 0.0160. The van der Waals surface area contributed by atoms with Gasteiger partial charge in [0.05, 0.1) is 12.4 Å². The third-order valence-electron chi connectivity index (χ3n) is 6.54. The van der Waals surface area contributed by atoms with Crippen molar-refractivity contribution in [3.63, 3.8) is 0 Å². The van der Waals surface area contributed by atoms with E-state index in [1.54, 1.807) is 57.4 Å². The van der Waals surface area contributed by atoms with Gasteiger partial charge in [-0.3, -0.25) is 4.79 Å². The van der Waals surface area contributed by atoms with Crippen LogP contribution in [-0.4, -0.2) is 96.2 Å². The number of carbonyl (C=O) groups is 3. The zero-order valence-corrected chi connectivity index (χ0v) is 23.0. The van der Waals surface area contributed by atoms with Gasteiger partial charge in [0.2, 0.25) is 5.96 Å². The number of likely N-dealkylation sites (tertiary alicyclic amines) is 2. The molecule has 0 spiro atoms. The van der Waals surface area contributed by atoms with E-state index in [0.717, 1.165) is 4.90 Å². The van der Waals surface area contributed by atoms with Crippen LogP contribution in [0.2, 0.25) is 0 Å². The fourth-order valence-corrected chi connectivity index (χ4v) is 5.01. The molecule has 2 aliphatic rings. The molecule has 2 atom stereocenters. The van der Waals surface area contributed by atoms with Crippen molar-refractivity contribution in [1.82, 2.24) is 29.7 Å². The summed E-state index contributed by atoms with van der Waals surface area (Å²) in [6.45, 7) is 11.6. The Labute approximate surface area is 226 Å². The average Bonchev–Trinajstić information content (AvgIpc) is 3.52. The lowest BCUT2D eigenvalue weighted by Gasteiger charge is -2.37. The Kier molecular flexibility index (Phi) is 7.37. The first-order valence-corrected chi connectivity index (χ1v) is 12.7. The van der Waals surface area contributed by atoms with Gasteiger partial charge in [-0.15, -0.1) is 4.99 Å². The standard InChI is InChI=1S/C26H34FN7O5/c1-25(2,3)33(24(37)38)22(30-23(36)39-26(4,5)6)32-14-16-12-31(13-17(16)15-32)21(35)20-18(27)8-7-9-19(20)34-28-10-11-29-34/h7-11,16-17H,12-15H2,1-6H3,(H,37,38). The number of aromatic nitrogens is 3. The lowest BCUT2D eigenvalue weighted by molar-refractivity contribution is 0.0596. The maximum Gasteiger partial charge on any atom is 0.437 e. The number of amides is 3. The second kappa shape index (κ2) is 10.3. The molecule has 3 amide bonds. The number of nitrogens with zero attached hydrogens (tertiary/aromatic N) is 7. The van der Waals surface area contributed by atoms with Crippen LogP contribution < -0.4 is 0 Å². The van der Waals surface area contributed by atoms with Crippen LogP contribution in [0.15, 0.2) is 35.6 Å². The molecule has 1 aromatic heterocycles. The SMILES string of the molecule is CC(C)(C)OC(=O)N=C(N1CC2CN(C(=O)c3c(F)cccc3-n3nccn3)CC2C1)N(C(=O)O)C(C)(C)C. The van der Waals surface area contributed by atoms with Gasteiger partial charge in [0.1, 0.15) is 22.7 Å². The van der Waals surface area contributed by atoms with E-state index in [-0.39, 0.29) is 29.0 Å². The van der Waals surface area contributed by atoms with Crippen LogP contribution in [0.3, 0.4) is 0 Å². The molecule has 1 N–H and O–H groups in total. The van der Waals surface area contributed by atoms with Crippen molar-refractivity contribution in [3.8, 4) is 5.69 Å². The molecule has 2 aromatic rings. The number of carboxylic acid groups (broad SMARTS) is 1. The van der Waals surface area contributed by atoms with E-state index in [0.29, 0.717) is 26.2 Å². The molecule has 12 nitrogen and oxygen atoms in total. The summed E-state index contributed by atoms with van der Waals surface area (Å²) in [4.78, 5) is 48.1. The normalized spacial score (nSPS) is 19.7. The number of guanidine groups is 1. The highest BCUT2D eigenvalue weighted by Crippen LogP contribution is 2.34. The van der Waals surface area contributed by atoms with Crippen molar-refractivity contribution >= 4 is 24.1 Å². The fraction of sp³-hybridized carbons (Fsp3) is 0.538. The maximum absolute atomic E-state index is 14.9. The van der Waals surface area contributed by atoms with Crippen molar-refractivity contribution < 1.29 is 28.6 Å². The van der Waals surface area contributed by atoms with Crippen molar-refractivity contribution in [2.45, 2.75) is 52.7 Å². The summed E-state index contributed by atoms with van der Waals surface area (Å²) in [6, 6.07) is 4.31. The van der Waals surface area contributed by atoms with Crippen LogP contribution >= 0.6 is 0 Å². The Bertz CT molecular complexity index is 1270. The van der Waals surface area contributed by atoms with E-state index >= 15 is 0 Å². The number of rotatable bonds is 2. The van der Waals surface area contributed by atoms with Gasteiger partial charge >= 0.3 is 12.2 Å². The van der Waals surface area contributed by atoms with Crippen LogP contribution in [-0.2, 0) is 4.74 Å². The van der Waals surface area contributed by atoms with Crippen molar-refractivity contribution in [1.29, 1.82) is 0 Å². The molecule has 3 heterocycles. The molecule has 2 aliphatic heterocycles. The minimum Gasteiger partial charge on any atom is -0.465 e. The minimum atomic E-state index is -1.25. The molecule has 0 saturated carbocycles. The van der Waals surface area contributed by atoms with E-state index in [4.69, 9.17) is 4.74 Å². The first-order valence-electron chi connectivity index (χ1n) is 12.7. The van der Waals surface area contributed by atoms with E-state index in [2.05, 4.69) is 15.2 Å². The molecule has 0 bridgehead atoms. The van der Waals surface area contributed by atoms with Crippen molar-refractivity contribution in [2.75, 3.05) is 26.2 Å². The van der Waals surface area contributed by atoms with Crippen LogP contribution in [0.4, 0.5) is 14.0 Å². The van der Waals surface area contributed by atoms with Gasteiger partial charge in [-0.25, -0.2) is 18.9 Å². The van der Waals surface area contributed by atoms with Gasteiger partial charge < -0.3 is 19.6 Å². The number of aliphatic imine (C=N–C) groups is 1. The molecular weight excluding hydrogens is 509 g/mol. The first kappa shape index (κ1) is 28.0. The van der Waals surface area contributed by atoms with Crippen LogP contribution in [0.1, 0.15) is 51.9 Å². The fourth-order valence-electron chi connectivity index (χ4n) is 5.01. The smallest absolute Gasteiger partial charge is 0.437 e. The highest BCUT2D eigenvalue weighted by atomic mass is 19.1. The van der Waals surface area contributed by atoms with E-state index in [1.165, 1.54) is 29.3 Å². The van der Waals surface area contributed by atoms with Gasteiger partial charge in [0, 0.05) is 43.6 Å². The monoisotopic (exact) mass is 543 g/mol. The summed E-state index contributed by atoms with van der Waals surface area (Å²) in [7, 11) is 0. The Morgan fingerprint density at radius 2 is 1.56 bits per heavy atom. The van der Waals surface area contributed by atoms with E-state index < -0.39 is 35.1 Å². The van der Waals surface area contributed by atoms with Gasteiger partial charge in [0.25, 0.3) is 5.91 Å². The topological polar surface area (TPSA) is 133 Å². The number of ether oxygens (including phenoxy) is 1. The summed E-state index contributed by atoms with van der Waals surface area (Å²) in [5, 5.41) is 18.1. The van der Waals surface area contributed by atoms with Gasteiger partial charge in [0.15, 0.2) is 0 Å². The Balaban J connectivity index is 1.56. The van der Waals surface area contributed by atoms with E-state index in [9.17, 15) is 23.9 Å². The molecular formula is C26H34FN7O5. The van der Waals surface area contributed by atoms with Crippen LogP contribution in [0.25, 0.3) is 5.69 Å². The number of halogens is 1. The molecule has 2 saturated heterocycles. The summed E-state index contributed by atoms with van der Waals surface area (Å²) in [5.74, 6) is -1.22. The highest BCUT2D eigenvalue weighted by Gasteiger charge is 2.46. The van der Waals surface area contributed by atoms with Crippen molar-refractivity contribution in [2.24, 2.45) is 16.8 Å². The van der Waals surface area contributed by atoms with Crippen LogP contribution in [0, 0.1) is 17.7 Å². The summed E-state index contributed by atoms with van der Waals surface area (Å²) >= 11 is 0. The van der Waals surface area contributed by atoms with Gasteiger partial charge in [-0.05, 0) is 53.7 Å². The maximum atomic E-state index is 14.9. The molecule has 13 heteroatoms. The predicted molar refractivity (Wildman–Crippen MR) is 139 cm³/mol. The number of hydrogen-bond acceptors (Lipinski definition) is 6. The third-order valence-corrected chi connectivity index (χ3v) is 6.54. The summed E-state index contributed by atoms with van der Waals surface area (Å²) < 4.78 is 20.2. The van der Waals surface area contributed by atoms with Gasteiger partial charge in [-0.1, -0.05) is 6.07 Å². The molecule has 0 radical (unpaired) electrons. The molecule has 4 rings (SSSR count). The number of fused-ring (bicyclic) bond motifs is 1. The zero-order chi connectivity index (χ0) is 28.7. The molecule has 1 aromatic carbocycles. The summed E-state index contributed by atoms with van der Waals surface area (Å²) in [6.07, 6.45) is 0.754. The van der Waals surface area contributed by atoms with Crippen LogP contribution in [0.5, 0.6) is 0 Å². The molecule has 0 aliphatic carbocycles. The Hall–Kier alpha value is -4.03. The highest BCUT2D eigenvalue weighted by molar-refractivity contribution is 6.00. The Morgan fingerprint density at radius 1 is 1.00 bits per heavy atom. The van der Waals surface area contributed by atoms with Gasteiger partial charge in [-0.2, -0.15) is 15.0 Å².